The molecule has 2 aromatic carbocycles. The highest BCUT2D eigenvalue weighted by molar-refractivity contribution is 9.10. The lowest BCUT2D eigenvalue weighted by molar-refractivity contribution is -0.132. The summed E-state index contributed by atoms with van der Waals surface area (Å²) < 4.78 is 11.4. The maximum Gasteiger partial charge on any atom is 0.301 e. The molecule has 0 bridgehead atoms. The van der Waals surface area contributed by atoms with E-state index in [0.717, 1.165) is 4.47 Å². The maximum atomic E-state index is 13.0. The lowest BCUT2D eigenvalue weighted by Gasteiger charge is -2.22. The minimum atomic E-state index is -0.857. The molecular formula is C23H19BrN2O5. The van der Waals surface area contributed by atoms with Crippen LogP contribution in [0.5, 0.6) is 5.75 Å². The van der Waals surface area contributed by atoms with Gasteiger partial charge >= 0.3 is 5.91 Å². The zero-order valence-corrected chi connectivity index (χ0v) is 18.4. The third kappa shape index (κ3) is 3.86. The van der Waals surface area contributed by atoms with Crippen LogP contribution in [0.4, 0.5) is 5.82 Å². The Kier molecular flexibility index (Phi) is 5.65. The predicted molar refractivity (Wildman–Crippen MR) is 118 cm³/mol. The first-order chi connectivity index (χ1) is 14.9. The number of aryl methyl sites for hydroxylation is 1. The number of amides is 1. The summed E-state index contributed by atoms with van der Waals surface area (Å²) in [6, 6.07) is 14.6. The van der Waals surface area contributed by atoms with E-state index in [2.05, 4.69) is 21.1 Å². The number of aliphatic hydroxyl groups is 1. The van der Waals surface area contributed by atoms with E-state index >= 15 is 0 Å². The van der Waals surface area contributed by atoms with Gasteiger partial charge in [-0.15, -0.1) is 0 Å². The van der Waals surface area contributed by atoms with Gasteiger partial charge in [-0.25, -0.2) is 0 Å². The van der Waals surface area contributed by atoms with Crippen LogP contribution >= 0.6 is 15.9 Å². The summed E-state index contributed by atoms with van der Waals surface area (Å²) in [5.74, 6) is -0.496. The lowest BCUT2D eigenvalue weighted by Crippen LogP contribution is -2.29. The molecule has 1 aliphatic rings. The third-order valence-electron chi connectivity index (χ3n) is 4.93. The number of aliphatic hydroxyl groups excluding tert-OH is 1. The van der Waals surface area contributed by atoms with E-state index in [-0.39, 0.29) is 17.2 Å². The molecule has 1 atom stereocenters. The fourth-order valence-corrected chi connectivity index (χ4v) is 3.79. The molecule has 0 saturated carbocycles. The molecule has 1 N–H and O–H groups in total. The van der Waals surface area contributed by atoms with Gasteiger partial charge in [-0.2, -0.15) is 0 Å². The Balaban J connectivity index is 1.87. The number of anilines is 1. The van der Waals surface area contributed by atoms with Crippen LogP contribution < -0.4 is 9.64 Å². The fraction of sp³-hybridized carbons (Fsp3) is 0.174. The van der Waals surface area contributed by atoms with Crippen molar-refractivity contribution < 1.29 is 24.0 Å². The molecule has 3 aromatic rings. The number of ether oxygens (including phenoxy) is 1. The summed E-state index contributed by atoms with van der Waals surface area (Å²) in [7, 11) is 0. The van der Waals surface area contributed by atoms with Crippen LogP contribution in [0.25, 0.3) is 5.76 Å². The molecule has 158 valence electrons. The van der Waals surface area contributed by atoms with E-state index in [4.69, 9.17) is 9.26 Å². The van der Waals surface area contributed by atoms with Gasteiger partial charge in [-0.3, -0.25) is 14.5 Å². The molecule has 0 spiro atoms. The summed E-state index contributed by atoms with van der Waals surface area (Å²) in [4.78, 5) is 27.3. The molecule has 1 aliphatic heterocycles. The summed E-state index contributed by atoms with van der Waals surface area (Å²) in [5, 5.41) is 15.0. The van der Waals surface area contributed by atoms with E-state index in [1.54, 1.807) is 61.5 Å². The van der Waals surface area contributed by atoms with Gasteiger partial charge in [0, 0.05) is 16.1 Å². The summed E-state index contributed by atoms with van der Waals surface area (Å²) in [6.45, 7) is 4.08. The number of halogens is 1. The fourth-order valence-electron chi connectivity index (χ4n) is 3.53. The number of aromatic nitrogens is 1. The predicted octanol–water partition coefficient (Wildman–Crippen LogP) is 4.77. The summed E-state index contributed by atoms with van der Waals surface area (Å²) >= 11 is 3.39. The average Bonchev–Trinajstić information content (AvgIpc) is 3.30. The van der Waals surface area contributed by atoms with Gasteiger partial charge < -0.3 is 14.4 Å². The molecule has 2 heterocycles. The van der Waals surface area contributed by atoms with Crippen molar-refractivity contribution in [3.05, 3.63) is 81.5 Å². The molecule has 8 heteroatoms. The van der Waals surface area contributed by atoms with Crippen LogP contribution in [0.2, 0.25) is 0 Å². The monoisotopic (exact) mass is 482 g/mol. The highest BCUT2D eigenvalue weighted by atomic mass is 79.9. The van der Waals surface area contributed by atoms with Crippen LogP contribution in [0.1, 0.15) is 29.9 Å². The van der Waals surface area contributed by atoms with Gasteiger partial charge in [0.25, 0.3) is 5.78 Å². The van der Waals surface area contributed by atoms with E-state index in [0.29, 0.717) is 29.2 Å². The van der Waals surface area contributed by atoms with E-state index in [1.165, 1.54) is 4.90 Å². The molecule has 7 nitrogen and oxygen atoms in total. The molecule has 1 fully saturated rings. The van der Waals surface area contributed by atoms with Gasteiger partial charge in [0.05, 0.1) is 18.2 Å². The van der Waals surface area contributed by atoms with Gasteiger partial charge in [-0.05, 0) is 55.8 Å². The zero-order valence-electron chi connectivity index (χ0n) is 16.8. The Morgan fingerprint density at radius 2 is 1.84 bits per heavy atom. The number of hydrogen-bond donors (Lipinski definition) is 1. The van der Waals surface area contributed by atoms with Gasteiger partial charge in [0.2, 0.25) is 0 Å². The Hall–Kier alpha value is -3.39. The number of carbonyl (C=O) groups excluding carboxylic acids is 2. The standard InChI is InChI=1S/C23H19BrN2O5/c1-3-30-17-10-6-15(7-11-17)21(27)19-20(14-4-8-16(24)9-5-14)26(23(29)22(19)28)18-12-13(2)31-25-18/h4-12,20,27H,3H2,1-2H3/t20-/m1/s1. The first kappa shape index (κ1) is 20.9. The third-order valence-corrected chi connectivity index (χ3v) is 5.46. The molecule has 4 rings (SSSR count). The van der Waals surface area contributed by atoms with Gasteiger partial charge in [0.1, 0.15) is 17.3 Å². The average molecular weight is 483 g/mol. The number of hydrogen-bond acceptors (Lipinski definition) is 6. The molecule has 1 saturated heterocycles. The number of benzene rings is 2. The molecule has 31 heavy (non-hydrogen) atoms. The van der Waals surface area contributed by atoms with Crippen molar-refractivity contribution in [3.63, 3.8) is 0 Å². The topological polar surface area (TPSA) is 92.9 Å². The second-order valence-electron chi connectivity index (χ2n) is 6.97. The molecule has 1 amide bonds. The Bertz CT molecular complexity index is 1170. The number of ketones is 1. The van der Waals surface area contributed by atoms with Gasteiger partial charge in [-0.1, -0.05) is 33.2 Å². The summed E-state index contributed by atoms with van der Waals surface area (Å²) in [5.41, 5.74) is 1.03. The van der Waals surface area contributed by atoms with Crippen LogP contribution in [-0.2, 0) is 9.59 Å². The minimum Gasteiger partial charge on any atom is -0.507 e. The van der Waals surface area contributed by atoms with Crippen molar-refractivity contribution in [2.24, 2.45) is 0 Å². The zero-order chi connectivity index (χ0) is 22.1. The first-order valence-corrected chi connectivity index (χ1v) is 10.4. The number of nitrogens with zero attached hydrogens (tertiary/aromatic N) is 2. The van der Waals surface area contributed by atoms with Crippen molar-refractivity contribution in [1.82, 2.24) is 5.16 Å². The van der Waals surface area contributed by atoms with Crippen LogP contribution in [0.15, 0.2) is 69.2 Å². The van der Waals surface area contributed by atoms with Crippen molar-refractivity contribution in [2.45, 2.75) is 19.9 Å². The Morgan fingerprint density at radius 1 is 1.16 bits per heavy atom. The summed E-state index contributed by atoms with van der Waals surface area (Å²) in [6.07, 6.45) is 0. The highest BCUT2D eigenvalue weighted by Crippen LogP contribution is 2.42. The van der Waals surface area contributed by atoms with Crippen molar-refractivity contribution >= 4 is 39.2 Å². The second kappa shape index (κ2) is 8.39. The van der Waals surface area contributed by atoms with Crippen molar-refractivity contribution in [2.75, 3.05) is 11.5 Å². The molecule has 1 aromatic heterocycles. The Morgan fingerprint density at radius 3 is 2.42 bits per heavy atom. The van der Waals surface area contributed by atoms with Crippen LogP contribution in [0.3, 0.4) is 0 Å². The smallest absolute Gasteiger partial charge is 0.301 e. The SMILES string of the molecule is CCOc1ccc(C(O)=C2C(=O)C(=O)N(c3cc(C)on3)[C@@H]2c2ccc(Br)cc2)cc1. The van der Waals surface area contributed by atoms with E-state index in [1.807, 2.05) is 6.92 Å². The van der Waals surface area contributed by atoms with Crippen molar-refractivity contribution in [3.8, 4) is 5.75 Å². The largest absolute Gasteiger partial charge is 0.507 e. The number of rotatable bonds is 5. The minimum absolute atomic E-state index is 0.0165. The van der Waals surface area contributed by atoms with E-state index < -0.39 is 17.7 Å². The molecule has 0 radical (unpaired) electrons. The number of carbonyl (C=O) groups is 2. The van der Waals surface area contributed by atoms with Gasteiger partial charge in [0.15, 0.2) is 5.82 Å². The first-order valence-electron chi connectivity index (χ1n) is 9.63. The molecule has 0 unspecified atom stereocenters. The normalized spacial score (nSPS) is 17.9. The van der Waals surface area contributed by atoms with Crippen molar-refractivity contribution in [1.29, 1.82) is 0 Å². The molecular weight excluding hydrogens is 464 g/mol. The highest BCUT2D eigenvalue weighted by Gasteiger charge is 2.48. The maximum absolute atomic E-state index is 13.0. The Labute approximate surface area is 187 Å². The van der Waals surface area contributed by atoms with Crippen LogP contribution in [-0.4, -0.2) is 28.6 Å². The number of Topliss-reactive ketones (excluding diaryl/α,β-unsaturated/α-hetero) is 1. The quantitative estimate of drug-likeness (QED) is 0.319. The van der Waals surface area contributed by atoms with Crippen LogP contribution in [0, 0.1) is 6.92 Å². The lowest BCUT2D eigenvalue weighted by atomic mass is 9.95. The second-order valence-corrected chi connectivity index (χ2v) is 7.89. The van der Waals surface area contributed by atoms with E-state index in [9.17, 15) is 14.7 Å². The molecule has 0 aliphatic carbocycles.